The zero-order chi connectivity index (χ0) is 12.7. The summed E-state index contributed by atoms with van der Waals surface area (Å²) in [7, 11) is 1.91. The molecule has 0 atom stereocenters. The van der Waals surface area contributed by atoms with Gasteiger partial charge in [0.1, 0.15) is 5.82 Å². The summed E-state index contributed by atoms with van der Waals surface area (Å²) < 4.78 is 1.88. The first kappa shape index (κ1) is 10.8. The maximum Gasteiger partial charge on any atom is 0.256 e. The predicted molar refractivity (Wildman–Crippen MR) is 70.9 cm³/mol. The van der Waals surface area contributed by atoms with E-state index in [1.165, 1.54) is 0 Å². The van der Waals surface area contributed by atoms with Crippen molar-refractivity contribution >= 4 is 23.2 Å². The van der Waals surface area contributed by atoms with Crippen molar-refractivity contribution in [3.63, 3.8) is 0 Å². The summed E-state index contributed by atoms with van der Waals surface area (Å²) in [6, 6.07) is 5.94. The molecule has 0 bridgehead atoms. The molecule has 4 heteroatoms. The Balaban J connectivity index is 2.14. The molecule has 0 aliphatic carbocycles. The highest BCUT2D eigenvalue weighted by Gasteiger charge is 2.24. The summed E-state index contributed by atoms with van der Waals surface area (Å²) in [4.78, 5) is 16.2. The van der Waals surface area contributed by atoms with Crippen LogP contribution in [0.15, 0.2) is 30.6 Å². The Labute approximate surface area is 105 Å². The Morgan fingerprint density at radius 1 is 1.39 bits per heavy atom. The van der Waals surface area contributed by atoms with E-state index in [2.05, 4.69) is 10.3 Å². The molecule has 0 radical (unpaired) electrons. The molecule has 18 heavy (non-hydrogen) atoms. The van der Waals surface area contributed by atoms with Crippen LogP contribution in [0.25, 0.3) is 11.6 Å². The summed E-state index contributed by atoms with van der Waals surface area (Å²) in [6.07, 6.45) is 5.40. The number of nitrogens with one attached hydrogen (secondary N) is 1. The van der Waals surface area contributed by atoms with Crippen molar-refractivity contribution in [3.8, 4) is 0 Å². The van der Waals surface area contributed by atoms with Crippen LogP contribution < -0.4 is 5.32 Å². The van der Waals surface area contributed by atoms with E-state index < -0.39 is 0 Å². The molecule has 4 nitrogen and oxygen atoms in total. The summed E-state index contributed by atoms with van der Waals surface area (Å²) in [5.74, 6) is 0.702. The van der Waals surface area contributed by atoms with Crippen molar-refractivity contribution in [2.24, 2.45) is 7.05 Å². The molecular weight excluding hydrogens is 226 g/mol. The number of hydrogen-bond acceptors (Lipinski definition) is 2. The third-order valence-electron chi connectivity index (χ3n) is 3.09. The van der Waals surface area contributed by atoms with Gasteiger partial charge in [-0.3, -0.25) is 4.79 Å². The van der Waals surface area contributed by atoms with Gasteiger partial charge < -0.3 is 9.88 Å². The Hall–Kier alpha value is -2.36. The van der Waals surface area contributed by atoms with E-state index in [1.54, 1.807) is 6.20 Å². The Kier molecular flexibility index (Phi) is 2.30. The van der Waals surface area contributed by atoms with Crippen LogP contribution in [0.5, 0.6) is 0 Å². The zero-order valence-corrected chi connectivity index (χ0v) is 10.3. The second-order valence-corrected chi connectivity index (χ2v) is 4.46. The molecule has 1 aromatic carbocycles. The molecule has 0 saturated carbocycles. The molecule has 1 aliphatic rings. The van der Waals surface area contributed by atoms with Crippen LogP contribution in [0.1, 0.15) is 17.0 Å². The van der Waals surface area contributed by atoms with E-state index in [1.807, 2.05) is 49.0 Å². The minimum absolute atomic E-state index is 0.0707. The lowest BCUT2D eigenvalue weighted by molar-refractivity contribution is -0.110. The fourth-order valence-corrected chi connectivity index (χ4v) is 2.09. The molecule has 90 valence electrons. The number of hydrogen-bond donors (Lipinski definition) is 1. The highest BCUT2D eigenvalue weighted by molar-refractivity contribution is 6.34. The van der Waals surface area contributed by atoms with Crippen LogP contribution in [0.2, 0.25) is 0 Å². The number of amides is 1. The van der Waals surface area contributed by atoms with E-state index in [0.717, 1.165) is 22.6 Å². The van der Waals surface area contributed by atoms with Gasteiger partial charge in [0.05, 0.1) is 5.57 Å². The van der Waals surface area contributed by atoms with Crippen LogP contribution in [0.4, 0.5) is 5.69 Å². The van der Waals surface area contributed by atoms with Gasteiger partial charge in [0.2, 0.25) is 0 Å². The first-order valence-corrected chi connectivity index (χ1v) is 5.76. The summed E-state index contributed by atoms with van der Waals surface area (Å²) in [5.41, 5.74) is 3.62. The molecule has 0 saturated heterocycles. The first-order valence-electron chi connectivity index (χ1n) is 5.76. The van der Waals surface area contributed by atoms with Crippen LogP contribution in [0, 0.1) is 6.92 Å². The van der Waals surface area contributed by atoms with E-state index >= 15 is 0 Å². The zero-order valence-electron chi connectivity index (χ0n) is 10.3. The number of fused-ring (bicyclic) bond motifs is 1. The molecule has 1 aliphatic heterocycles. The number of aromatic nitrogens is 2. The Morgan fingerprint density at radius 3 is 2.94 bits per heavy atom. The van der Waals surface area contributed by atoms with Crippen molar-refractivity contribution in [3.05, 3.63) is 47.5 Å². The lowest BCUT2D eigenvalue weighted by Crippen LogP contribution is -2.04. The summed E-state index contributed by atoms with van der Waals surface area (Å²) >= 11 is 0. The fraction of sp³-hybridized carbons (Fsp3) is 0.143. The largest absolute Gasteiger partial charge is 0.335 e. The number of nitrogens with zero attached hydrogens (tertiary/aromatic N) is 2. The topological polar surface area (TPSA) is 46.9 Å². The van der Waals surface area contributed by atoms with Crippen molar-refractivity contribution in [2.75, 3.05) is 5.32 Å². The lowest BCUT2D eigenvalue weighted by atomic mass is 10.0. The maximum absolute atomic E-state index is 12.0. The van der Waals surface area contributed by atoms with Crippen molar-refractivity contribution in [1.29, 1.82) is 0 Å². The van der Waals surface area contributed by atoms with Crippen molar-refractivity contribution in [1.82, 2.24) is 9.55 Å². The van der Waals surface area contributed by atoms with Gasteiger partial charge in [-0.25, -0.2) is 4.98 Å². The van der Waals surface area contributed by atoms with Gasteiger partial charge in [-0.1, -0.05) is 11.6 Å². The third-order valence-corrected chi connectivity index (χ3v) is 3.09. The van der Waals surface area contributed by atoms with Gasteiger partial charge in [0, 0.05) is 30.7 Å². The molecule has 1 amide bonds. The average Bonchev–Trinajstić information content (AvgIpc) is 2.86. The summed E-state index contributed by atoms with van der Waals surface area (Å²) in [6.45, 7) is 2.02. The van der Waals surface area contributed by atoms with Gasteiger partial charge in [0.25, 0.3) is 5.91 Å². The molecule has 3 rings (SSSR count). The number of carbonyl (C=O) groups is 1. The van der Waals surface area contributed by atoms with E-state index in [-0.39, 0.29) is 5.91 Å². The molecule has 1 N–H and O–H groups in total. The maximum atomic E-state index is 12.0. The van der Waals surface area contributed by atoms with Crippen LogP contribution >= 0.6 is 0 Å². The smallest absolute Gasteiger partial charge is 0.256 e. The van der Waals surface area contributed by atoms with Gasteiger partial charge in [0.15, 0.2) is 0 Å². The number of benzene rings is 1. The standard InChI is InChI=1S/C14H13N3O/c1-9-3-4-12-10(7-9)11(14(18)16-12)8-13-15-5-6-17(13)2/h3-8H,1-2H3,(H,16,18)/b11-8+. The molecule has 2 heterocycles. The Morgan fingerprint density at radius 2 is 2.22 bits per heavy atom. The number of aryl methyl sites for hydroxylation is 2. The minimum Gasteiger partial charge on any atom is -0.335 e. The Bertz CT molecular complexity index is 667. The highest BCUT2D eigenvalue weighted by atomic mass is 16.2. The van der Waals surface area contributed by atoms with Crippen molar-refractivity contribution in [2.45, 2.75) is 6.92 Å². The number of imidazole rings is 1. The molecule has 0 unspecified atom stereocenters. The second kappa shape index (κ2) is 3.84. The fourth-order valence-electron chi connectivity index (χ4n) is 2.09. The minimum atomic E-state index is -0.0707. The van der Waals surface area contributed by atoms with Crippen LogP contribution in [-0.2, 0) is 11.8 Å². The van der Waals surface area contributed by atoms with E-state index in [4.69, 9.17) is 0 Å². The van der Waals surface area contributed by atoms with E-state index in [9.17, 15) is 4.79 Å². The molecule has 2 aromatic rings. The van der Waals surface area contributed by atoms with Gasteiger partial charge in [-0.15, -0.1) is 0 Å². The van der Waals surface area contributed by atoms with Gasteiger partial charge >= 0.3 is 0 Å². The molecule has 0 fully saturated rings. The average molecular weight is 239 g/mol. The molecule has 0 spiro atoms. The van der Waals surface area contributed by atoms with Gasteiger partial charge in [-0.05, 0) is 25.1 Å². The van der Waals surface area contributed by atoms with Crippen LogP contribution in [0.3, 0.4) is 0 Å². The molecule has 1 aromatic heterocycles. The number of anilines is 1. The first-order chi connectivity index (χ1) is 8.65. The predicted octanol–water partition coefficient (Wildman–Crippen LogP) is 2.22. The monoisotopic (exact) mass is 239 g/mol. The SMILES string of the molecule is Cc1ccc2c(c1)/C(=C\c1nccn1C)C(=O)N2. The number of carbonyl (C=O) groups excluding carboxylic acids is 1. The lowest BCUT2D eigenvalue weighted by Gasteiger charge is -2.00. The van der Waals surface area contributed by atoms with E-state index in [0.29, 0.717) is 5.57 Å². The quantitative estimate of drug-likeness (QED) is 0.776. The van der Waals surface area contributed by atoms with Gasteiger partial charge in [-0.2, -0.15) is 0 Å². The second-order valence-electron chi connectivity index (χ2n) is 4.46. The number of rotatable bonds is 1. The highest BCUT2D eigenvalue weighted by Crippen LogP contribution is 2.33. The third kappa shape index (κ3) is 1.62. The molecular formula is C14H13N3O. The van der Waals surface area contributed by atoms with Crippen LogP contribution in [-0.4, -0.2) is 15.5 Å². The normalized spacial score (nSPS) is 15.9. The van der Waals surface area contributed by atoms with Crippen molar-refractivity contribution < 1.29 is 4.79 Å². The summed E-state index contributed by atoms with van der Waals surface area (Å²) in [5, 5.41) is 2.86.